The first-order valence-corrected chi connectivity index (χ1v) is 5.27. The summed E-state index contributed by atoms with van der Waals surface area (Å²) in [6.45, 7) is 0. The Hall–Kier alpha value is -1.29. The zero-order chi connectivity index (χ0) is 11.9. The minimum atomic E-state index is -1.01. The SMILES string of the molecule is O=C(O)C1(c2cc(O)c(F)c(Cl)c2)CCC1. The average molecular weight is 245 g/mol. The molecule has 3 nitrogen and oxygen atoms in total. The maximum Gasteiger partial charge on any atom is 0.314 e. The molecule has 0 amide bonds. The molecule has 1 aromatic rings. The zero-order valence-electron chi connectivity index (χ0n) is 8.33. The number of hydrogen-bond donors (Lipinski definition) is 2. The van der Waals surface area contributed by atoms with Crippen LogP contribution in [0.3, 0.4) is 0 Å². The van der Waals surface area contributed by atoms with Crippen molar-refractivity contribution in [3.63, 3.8) is 0 Å². The maximum atomic E-state index is 13.1. The molecule has 0 spiro atoms. The number of halogens is 2. The molecular formula is C11H10ClFO3. The Bertz CT molecular complexity index is 432. The van der Waals surface area contributed by atoms with Crippen LogP contribution in [-0.2, 0) is 10.2 Å². The molecule has 5 heteroatoms. The molecule has 0 aromatic heterocycles. The van der Waals surface area contributed by atoms with Gasteiger partial charge in [-0.2, -0.15) is 0 Å². The summed E-state index contributed by atoms with van der Waals surface area (Å²) in [5, 5.41) is 18.2. The summed E-state index contributed by atoms with van der Waals surface area (Å²) >= 11 is 5.58. The minimum absolute atomic E-state index is 0.248. The Morgan fingerprint density at radius 3 is 2.44 bits per heavy atom. The molecule has 1 saturated carbocycles. The summed E-state index contributed by atoms with van der Waals surface area (Å²) in [4.78, 5) is 11.2. The number of carbonyl (C=O) groups is 1. The molecule has 86 valence electrons. The summed E-state index contributed by atoms with van der Waals surface area (Å²) < 4.78 is 13.1. The van der Waals surface area contributed by atoms with E-state index in [1.807, 2.05) is 0 Å². The number of carboxylic acid groups (broad SMARTS) is 1. The summed E-state index contributed by atoms with van der Waals surface area (Å²) in [6, 6.07) is 2.43. The van der Waals surface area contributed by atoms with E-state index in [0.717, 1.165) is 12.5 Å². The molecule has 0 saturated heterocycles. The van der Waals surface area contributed by atoms with Gasteiger partial charge in [-0.3, -0.25) is 4.79 Å². The first-order chi connectivity index (χ1) is 7.47. The second-order valence-electron chi connectivity index (χ2n) is 4.03. The highest BCUT2D eigenvalue weighted by Gasteiger charge is 2.46. The van der Waals surface area contributed by atoms with E-state index in [-0.39, 0.29) is 5.02 Å². The van der Waals surface area contributed by atoms with Crippen molar-refractivity contribution >= 4 is 17.6 Å². The van der Waals surface area contributed by atoms with Crippen LogP contribution in [0.1, 0.15) is 24.8 Å². The van der Waals surface area contributed by atoms with Gasteiger partial charge in [0.2, 0.25) is 0 Å². The van der Waals surface area contributed by atoms with Gasteiger partial charge in [0.05, 0.1) is 10.4 Å². The van der Waals surface area contributed by atoms with Crippen molar-refractivity contribution in [3.8, 4) is 5.75 Å². The quantitative estimate of drug-likeness (QED) is 0.841. The summed E-state index contributed by atoms with van der Waals surface area (Å²) in [7, 11) is 0. The number of hydrogen-bond acceptors (Lipinski definition) is 2. The second kappa shape index (κ2) is 3.63. The number of rotatable bonds is 2. The lowest BCUT2D eigenvalue weighted by Crippen LogP contribution is -2.42. The van der Waals surface area contributed by atoms with E-state index >= 15 is 0 Å². The van der Waals surface area contributed by atoms with Gasteiger partial charge in [-0.05, 0) is 30.5 Å². The van der Waals surface area contributed by atoms with Gasteiger partial charge in [0.1, 0.15) is 0 Å². The standard InChI is InChI=1S/C11H10ClFO3/c12-7-4-6(5-8(14)9(7)13)11(10(15)16)2-1-3-11/h4-5,14H,1-3H2,(H,15,16). The van der Waals surface area contributed by atoms with Crippen molar-refractivity contribution in [2.45, 2.75) is 24.7 Å². The Labute approximate surface area is 96.5 Å². The summed E-state index contributed by atoms with van der Waals surface area (Å²) in [5.74, 6) is -2.47. The van der Waals surface area contributed by atoms with Crippen molar-refractivity contribution in [1.82, 2.24) is 0 Å². The van der Waals surface area contributed by atoms with E-state index < -0.39 is 23.0 Å². The molecule has 1 aliphatic rings. The van der Waals surface area contributed by atoms with E-state index in [2.05, 4.69) is 0 Å². The molecule has 0 aliphatic heterocycles. The predicted molar refractivity (Wildman–Crippen MR) is 56.2 cm³/mol. The lowest BCUT2D eigenvalue weighted by molar-refractivity contribution is -0.147. The highest BCUT2D eigenvalue weighted by Crippen LogP contribution is 2.46. The minimum Gasteiger partial charge on any atom is -0.505 e. The molecule has 0 heterocycles. The highest BCUT2D eigenvalue weighted by molar-refractivity contribution is 6.31. The molecule has 1 aliphatic carbocycles. The molecular weight excluding hydrogens is 235 g/mol. The van der Waals surface area contributed by atoms with Crippen molar-refractivity contribution in [2.75, 3.05) is 0 Å². The van der Waals surface area contributed by atoms with E-state index in [0.29, 0.717) is 18.4 Å². The fourth-order valence-electron chi connectivity index (χ4n) is 2.01. The van der Waals surface area contributed by atoms with Crippen LogP contribution >= 0.6 is 11.6 Å². The molecule has 2 N–H and O–H groups in total. The lowest BCUT2D eigenvalue weighted by atomic mass is 9.64. The van der Waals surface area contributed by atoms with Crippen molar-refractivity contribution < 1.29 is 19.4 Å². The second-order valence-corrected chi connectivity index (χ2v) is 4.44. The van der Waals surface area contributed by atoms with Crippen LogP contribution in [0.15, 0.2) is 12.1 Å². The van der Waals surface area contributed by atoms with Gasteiger partial charge >= 0.3 is 5.97 Å². The normalized spacial score (nSPS) is 17.9. The van der Waals surface area contributed by atoms with Gasteiger partial charge < -0.3 is 10.2 Å². The number of benzene rings is 1. The van der Waals surface area contributed by atoms with Crippen LogP contribution in [0.25, 0.3) is 0 Å². The summed E-state index contributed by atoms with van der Waals surface area (Å²) in [6.07, 6.45) is 1.79. The number of phenolic OH excluding ortho intramolecular Hbond substituents is 1. The average Bonchev–Trinajstić information content (AvgIpc) is 2.11. The van der Waals surface area contributed by atoms with E-state index in [1.165, 1.54) is 6.07 Å². The Balaban J connectivity index is 2.52. The first-order valence-electron chi connectivity index (χ1n) is 4.89. The third kappa shape index (κ3) is 1.45. The molecule has 0 unspecified atom stereocenters. The summed E-state index contributed by atoms with van der Waals surface area (Å²) in [5.41, 5.74) is -0.635. The molecule has 0 radical (unpaired) electrons. The van der Waals surface area contributed by atoms with Crippen LogP contribution in [0.4, 0.5) is 4.39 Å². The van der Waals surface area contributed by atoms with Crippen LogP contribution in [0.2, 0.25) is 5.02 Å². The predicted octanol–water partition coefficient (Wildman–Crippen LogP) is 2.69. The Morgan fingerprint density at radius 2 is 2.06 bits per heavy atom. The van der Waals surface area contributed by atoms with E-state index in [4.69, 9.17) is 16.7 Å². The van der Waals surface area contributed by atoms with Crippen molar-refractivity contribution in [1.29, 1.82) is 0 Å². The largest absolute Gasteiger partial charge is 0.505 e. The molecule has 0 bridgehead atoms. The zero-order valence-corrected chi connectivity index (χ0v) is 9.09. The van der Waals surface area contributed by atoms with Crippen LogP contribution in [0.5, 0.6) is 5.75 Å². The van der Waals surface area contributed by atoms with Crippen LogP contribution < -0.4 is 0 Å². The van der Waals surface area contributed by atoms with Gasteiger partial charge in [-0.25, -0.2) is 4.39 Å². The fraction of sp³-hybridized carbons (Fsp3) is 0.364. The molecule has 1 aromatic carbocycles. The van der Waals surface area contributed by atoms with Crippen LogP contribution in [0, 0.1) is 5.82 Å². The third-order valence-electron chi connectivity index (χ3n) is 3.18. The smallest absolute Gasteiger partial charge is 0.314 e. The molecule has 2 rings (SSSR count). The monoisotopic (exact) mass is 244 g/mol. The first kappa shape index (κ1) is 11.2. The Kier molecular flexibility index (Phi) is 2.54. The topological polar surface area (TPSA) is 57.5 Å². The number of aromatic hydroxyl groups is 1. The Morgan fingerprint density at radius 1 is 1.44 bits per heavy atom. The maximum absolute atomic E-state index is 13.1. The van der Waals surface area contributed by atoms with Gasteiger partial charge in [0.25, 0.3) is 0 Å². The lowest BCUT2D eigenvalue weighted by Gasteiger charge is -2.38. The number of carboxylic acids is 1. The highest BCUT2D eigenvalue weighted by atomic mass is 35.5. The van der Waals surface area contributed by atoms with E-state index in [9.17, 15) is 14.3 Å². The third-order valence-corrected chi connectivity index (χ3v) is 3.45. The molecule has 16 heavy (non-hydrogen) atoms. The fourth-order valence-corrected chi connectivity index (χ4v) is 2.22. The van der Waals surface area contributed by atoms with Gasteiger partial charge in [0, 0.05) is 0 Å². The molecule has 0 atom stereocenters. The van der Waals surface area contributed by atoms with Gasteiger partial charge in [0.15, 0.2) is 11.6 Å². The van der Waals surface area contributed by atoms with Gasteiger partial charge in [-0.15, -0.1) is 0 Å². The van der Waals surface area contributed by atoms with Crippen LogP contribution in [-0.4, -0.2) is 16.2 Å². The number of phenols is 1. The van der Waals surface area contributed by atoms with E-state index in [1.54, 1.807) is 0 Å². The molecule has 1 fully saturated rings. The van der Waals surface area contributed by atoms with Gasteiger partial charge in [-0.1, -0.05) is 18.0 Å². The van der Waals surface area contributed by atoms with Crippen molar-refractivity contribution in [3.05, 3.63) is 28.5 Å². The van der Waals surface area contributed by atoms with Crippen molar-refractivity contribution in [2.24, 2.45) is 0 Å². The number of aliphatic carboxylic acids is 1.